The molecule has 8 heteroatoms. The summed E-state index contributed by atoms with van der Waals surface area (Å²) in [5.41, 5.74) is 0.602. The number of carbonyl (C=O) groups excluding carboxylic acids is 2. The van der Waals surface area contributed by atoms with Gasteiger partial charge in [0.2, 0.25) is 5.91 Å². The first-order valence-electron chi connectivity index (χ1n) is 7.51. The van der Waals surface area contributed by atoms with Crippen LogP contribution < -0.4 is 5.32 Å². The fraction of sp³-hybridized carbons (Fsp3) is 0.312. The molecule has 1 aromatic carbocycles. The Kier molecular flexibility index (Phi) is 4.24. The first-order chi connectivity index (χ1) is 11.6. The Labute approximate surface area is 137 Å². The van der Waals surface area contributed by atoms with Gasteiger partial charge in [0, 0.05) is 11.9 Å². The van der Waals surface area contributed by atoms with Gasteiger partial charge in [-0.05, 0) is 31.0 Å². The number of phenols is 1. The molecule has 1 aromatic heterocycles. The molecule has 2 heterocycles. The lowest BCUT2D eigenvalue weighted by Crippen LogP contribution is -2.42. The number of fused-ring (bicyclic) bond motifs is 1. The average molecular weight is 325 g/mol. The molecule has 1 atom stereocenters. The van der Waals surface area contributed by atoms with Crippen LogP contribution in [0.15, 0.2) is 24.5 Å². The smallest absolute Gasteiger partial charge is 0.271 e. The number of carbonyl (C=O) groups is 2. The molecule has 1 unspecified atom stereocenters. The van der Waals surface area contributed by atoms with Crippen molar-refractivity contribution in [3.8, 4) is 11.8 Å². The van der Waals surface area contributed by atoms with E-state index in [0.717, 1.165) is 6.42 Å². The zero-order valence-corrected chi connectivity index (χ0v) is 12.8. The third-order valence-electron chi connectivity index (χ3n) is 3.96. The van der Waals surface area contributed by atoms with Gasteiger partial charge in [0.05, 0.1) is 18.1 Å². The van der Waals surface area contributed by atoms with E-state index in [1.165, 1.54) is 23.4 Å². The first-order valence-corrected chi connectivity index (χ1v) is 7.51. The molecule has 2 amide bonds. The Hall–Kier alpha value is -3.21. The summed E-state index contributed by atoms with van der Waals surface area (Å²) < 4.78 is 0. The number of rotatable bonds is 3. The number of hydrogen-bond donors (Lipinski definition) is 2. The number of phenolic OH excluding ortho intramolecular Hbond substituents is 1. The van der Waals surface area contributed by atoms with Gasteiger partial charge in [0.1, 0.15) is 23.8 Å². The lowest BCUT2D eigenvalue weighted by molar-refractivity contribution is -0.130. The monoisotopic (exact) mass is 325 g/mol. The molecule has 24 heavy (non-hydrogen) atoms. The summed E-state index contributed by atoms with van der Waals surface area (Å²) in [6, 6.07) is 6.11. The van der Waals surface area contributed by atoms with Crippen molar-refractivity contribution in [3.05, 3.63) is 30.2 Å². The molecule has 0 aliphatic carbocycles. The number of hydrogen-bond acceptors (Lipinski definition) is 6. The highest BCUT2D eigenvalue weighted by molar-refractivity contribution is 6.05. The number of likely N-dealkylation sites (tertiary alicyclic amines) is 1. The van der Waals surface area contributed by atoms with Crippen LogP contribution in [-0.2, 0) is 4.79 Å². The Balaban J connectivity index is 1.73. The normalized spacial score (nSPS) is 16.8. The van der Waals surface area contributed by atoms with Crippen LogP contribution in [0.2, 0.25) is 0 Å². The number of nitrogens with zero attached hydrogens (tertiary/aromatic N) is 4. The van der Waals surface area contributed by atoms with Crippen molar-refractivity contribution >= 4 is 22.7 Å². The highest BCUT2D eigenvalue weighted by Gasteiger charge is 2.28. The van der Waals surface area contributed by atoms with Gasteiger partial charge < -0.3 is 15.3 Å². The van der Waals surface area contributed by atoms with Crippen LogP contribution in [0.3, 0.4) is 0 Å². The summed E-state index contributed by atoms with van der Waals surface area (Å²) in [6.07, 6.45) is 2.70. The summed E-state index contributed by atoms with van der Waals surface area (Å²) >= 11 is 0. The van der Waals surface area contributed by atoms with Crippen LogP contribution in [0.25, 0.3) is 10.9 Å². The fourth-order valence-corrected chi connectivity index (χ4v) is 2.77. The molecule has 2 aromatic rings. The van der Waals surface area contributed by atoms with Gasteiger partial charge in [-0.1, -0.05) is 0 Å². The Morgan fingerprint density at radius 1 is 1.42 bits per heavy atom. The standard InChI is InChI=1S/C16H15N5O3/c17-7-10-2-1-5-21(10)14(23)8-18-16(24)15-12-6-11(22)3-4-13(12)19-9-20-15/h3-4,6,9-10,22H,1-2,5,8H2,(H,18,24). The van der Waals surface area contributed by atoms with Gasteiger partial charge in [-0.3, -0.25) is 9.59 Å². The Morgan fingerprint density at radius 2 is 2.25 bits per heavy atom. The van der Waals surface area contributed by atoms with Gasteiger partial charge in [-0.25, -0.2) is 9.97 Å². The maximum absolute atomic E-state index is 12.3. The molecule has 0 saturated carbocycles. The third-order valence-corrected chi connectivity index (χ3v) is 3.96. The quantitative estimate of drug-likeness (QED) is 0.852. The molecule has 122 valence electrons. The van der Waals surface area contributed by atoms with Crippen LogP contribution in [0.5, 0.6) is 5.75 Å². The second-order valence-electron chi connectivity index (χ2n) is 5.48. The number of benzene rings is 1. The SMILES string of the molecule is N#CC1CCCN1C(=O)CNC(=O)c1ncnc2ccc(O)cc12. The number of aromatic nitrogens is 2. The minimum absolute atomic E-state index is 0.00337. The van der Waals surface area contributed by atoms with E-state index in [1.54, 1.807) is 6.07 Å². The molecule has 0 spiro atoms. The highest BCUT2D eigenvalue weighted by Crippen LogP contribution is 2.20. The Morgan fingerprint density at radius 3 is 3.04 bits per heavy atom. The number of nitrogens with one attached hydrogen (secondary N) is 1. The molecule has 3 rings (SSSR count). The van der Waals surface area contributed by atoms with E-state index < -0.39 is 11.9 Å². The lowest BCUT2D eigenvalue weighted by atomic mass is 10.1. The summed E-state index contributed by atoms with van der Waals surface area (Å²) in [5, 5.41) is 21.5. The van der Waals surface area contributed by atoms with Crippen molar-refractivity contribution in [3.63, 3.8) is 0 Å². The molecule has 1 aliphatic rings. The molecule has 0 radical (unpaired) electrons. The second-order valence-corrected chi connectivity index (χ2v) is 5.48. The average Bonchev–Trinajstić information content (AvgIpc) is 3.07. The van der Waals surface area contributed by atoms with Crippen LogP contribution in [0.1, 0.15) is 23.3 Å². The van der Waals surface area contributed by atoms with Gasteiger partial charge in [0.15, 0.2) is 0 Å². The predicted molar refractivity (Wildman–Crippen MR) is 83.9 cm³/mol. The molecule has 0 bridgehead atoms. The summed E-state index contributed by atoms with van der Waals surface area (Å²) in [7, 11) is 0. The molecular weight excluding hydrogens is 310 g/mol. The van der Waals surface area contributed by atoms with Crippen LogP contribution >= 0.6 is 0 Å². The Bertz CT molecular complexity index is 845. The molecule has 1 saturated heterocycles. The van der Waals surface area contributed by atoms with Crippen molar-refractivity contribution in [2.45, 2.75) is 18.9 Å². The van der Waals surface area contributed by atoms with Crippen molar-refractivity contribution < 1.29 is 14.7 Å². The van der Waals surface area contributed by atoms with Crippen LogP contribution in [-0.4, -0.2) is 50.9 Å². The maximum atomic E-state index is 12.3. The van der Waals surface area contributed by atoms with E-state index in [4.69, 9.17) is 5.26 Å². The zero-order chi connectivity index (χ0) is 17.1. The summed E-state index contributed by atoms with van der Waals surface area (Å²) in [4.78, 5) is 33.9. The lowest BCUT2D eigenvalue weighted by Gasteiger charge is -2.19. The predicted octanol–water partition coefficient (Wildman–Crippen LogP) is 0.580. The molecule has 8 nitrogen and oxygen atoms in total. The van der Waals surface area contributed by atoms with Crippen LogP contribution in [0, 0.1) is 11.3 Å². The van der Waals surface area contributed by atoms with Gasteiger partial charge in [0.25, 0.3) is 5.91 Å². The van der Waals surface area contributed by atoms with Gasteiger partial charge >= 0.3 is 0 Å². The van der Waals surface area contributed by atoms with Gasteiger partial charge in [-0.2, -0.15) is 5.26 Å². The third kappa shape index (κ3) is 2.96. The molecule has 2 N–H and O–H groups in total. The fourth-order valence-electron chi connectivity index (χ4n) is 2.77. The second kappa shape index (κ2) is 6.50. The summed E-state index contributed by atoms with van der Waals surface area (Å²) in [5.74, 6) is -0.834. The molecular formula is C16H15N5O3. The number of amides is 2. The van der Waals surface area contributed by atoms with Crippen molar-refractivity contribution in [2.75, 3.05) is 13.1 Å². The highest BCUT2D eigenvalue weighted by atomic mass is 16.3. The van der Waals surface area contributed by atoms with Crippen molar-refractivity contribution in [1.29, 1.82) is 5.26 Å². The summed E-state index contributed by atoms with van der Waals surface area (Å²) in [6.45, 7) is 0.318. The largest absolute Gasteiger partial charge is 0.508 e. The molecule has 1 fully saturated rings. The van der Waals surface area contributed by atoms with E-state index in [9.17, 15) is 14.7 Å². The zero-order valence-electron chi connectivity index (χ0n) is 12.8. The van der Waals surface area contributed by atoms with E-state index in [-0.39, 0.29) is 23.9 Å². The maximum Gasteiger partial charge on any atom is 0.271 e. The molecule has 1 aliphatic heterocycles. The van der Waals surface area contributed by atoms with Crippen LogP contribution in [0.4, 0.5) is 0 Å². The van der Waals surface area contributed by atoms with Crippen molar-refractivity contribution in [2.24, 2.45) is 0 Å². The van der Waals surface area contributed by atoms with E-state index in [1.807, 2.05) is 0 Å². The van der Waals surface area contributed by atoms with E-state index in [0.29, 0.717) is 23.9 Å². The number of nitriles is 1. The minimum Gasteiger partial charge on any atom is -0.508 e. The first kappa shape index (κ1) is 15.7. The van der Waals surface area contributed by atoms with E-state index >= 15 is 0 Å². The number of aromatic hydroxyl groups is 1. The van der Waals surface area contributed by atoms with Crippen molar-refractivity contribution in [1.82, 2.24) is 20.2 Å². The van der Waals surface area contributed by atoms with Gasteiger partial charge in [-0.15, -0.1) is 0 Å². The minimum atomic E-state index is -0.533. The topological polar surface area (TPSA) is 119 Å². The van der Waals surface area contributed by atoms with E-state index in [2.05, 4.69) is 21.4 Å².